The van der Waals surface area contributed by atoms with Crippen molar-refractivity contribution in [2.75, 3.05) is 19.0 Å². The van der Waals surface area contributed by atoms with Gasteiger partial charge >= 0.3 is 5.97 Å². The molecule has 1 amide bonds. The number of aryl methyl sites for hydroxylation is 1. The van der Waals surface area contributed by atoms with E-state index in [2.05, 4.69) is 5.32 Å². The molecule has 5 nitrogen and oxygen atoms in total. The standard InChI is InChI=1S/C18H19NO4/c1-3-13-8-4-6-10-15(13)19-17(20)12-23-16-11-7-5-9-14(16)18(21)22-2/h4-11H,3,12H2,1-2H3,(H,19,20). The fraction of sp³-hybridized carbons (Fsp3) is 0.222. The molecule has 2 aromatic carbocycles. The molecule has 1 N–H and O–H groups in total. The van der Waals surface area contributed by atoms with E-state index in [9.17, 15) is 9.59 Å². The number of amides is 1. The van der Waals surface area contributed by atoms with Gasteiger partial charge in [-0.05, 0) is 30.2 Å². The summed E-state index contributed by atoms with van der Waals surface area (Å²) < 4.78 is 10.1. The Morgan fingerprint density at radius 3 is 2.48 bits per heavy atom. The molecule has 0 radical (unpaired) electrons. The maximum atomic E-state index is 12.1. The molecule has 0 saturated heterocycles. The number of hydrogen-bond acceptors (Lipinski definition) is 4. The lowest BCUT2D eigenvalue weighted by molar-refractivity contribution is -0.118. The third kappa shape index (κ3) is 4.32. The number of ether oxygens (including phenoxy) is 2. The van der Waals surface area contributed by atoms with Gasteiger partial charge in [0.2, 0.25) is 0 Å². The highest BCUT2D eigenvalue weighted by Gasteiger charge is 2.13. The van der Waals surface area contributed by atoms with Crippen LogP contribution >= 0.6 is 0 Å². The number of hydrogen-bond donors (Lipinski definition) is 1. The van der Waals surface area contributed by atoms with Crippen LogP contribution in [0.3, 0.4) is 0 Å². The smallest absolute Gasteiger partial charge is 0.341 e. The van der Waals surface area contributed by atoms with Gasteiger partial charge < -0.3 is 14.8 Å². The van der Waals surface area contributed by atoms with Crippen LogP contribution in [0.5, 0.6) is 5.75 Å². The topological polar surface area (TPSA) is 64.6 Å². The molecule has 0 aliphatic rings. The molecular weight excluding hydrogens is 294 g/mol. The maximum absolute atomic E-state index is 12.1. The molecule has 120 valence electrons. The maximum Gasteiger partial charge on any atom is 0.341 e. The zero-order chi connectivity index (χ0) is 16.7. The number of carbonyl (C=O) groups is 2. The Morgan fingerprint density at radius 2 is 1.74 bits per heavy atom. The number of rotatable bonds is 6. The number of methoxy groups -OCH3 is 1. The first-order valence-electron chi connectivity index (χ1n) is 7.33. The Bertz CT molecular complexity index is 697. The van der Waals surface area contributed by atoms with Gasteiger partial charge in [0, 0.05) is 5.69 Å². The number of benzene rings is 2. The highest BCUT2D eigenvalue weighted by molar-refractivity contribution is 5.94. The Hall–Kier alpha value is -2.82. The van der Waals surface area contributed by atoms with Gasteiger partial charge in [-0.3, -0.25) is 4.79 Å². The van der Waals surface area contributed by atoms with Crippen molar-refractivity contribution < 1.29 is 19.1 Å². The number of nitrogens with one attached hydrogen (secondary N) is 1. The molecule has 0 saturated carbocycles. The fourth-order valence-corrected chi connectivity index (χ4v) is 2.15. The van der Waals surface area contributed by atoms with Crippen molar-refractivity contribution >= 4 is 17.6 Å². The van der Waals surface area contributed by atoms with E-state index in [1.807, 2.05) is 31.2 Å². The summed E-state index contributed by atoms with van der Waals surface area (Å²) in [5, 5.41) is 2.81. The third-order valence-corrected chi connectivity index (χ3v) is 3.32. The van der Waals surface area contributed by atoms with E-state index in [1.54, 1.807) is 24.3 Å². The van der Waals surface area contributed by atoms with Crippen LogP contribution < -0.4 is 10.1 Å². The largest absolute Gasteiger partial charge is 0.483 e. The minimum absolute atomic E-state index is 0.188. The van der Waals surface area contributed by atoms with E-state index in [-0.39, 0.29) is 18.1 Å². The zero-order valence-corrected chi connectivity index (χ0v) is 13.2. The van der Waals surface area contributed by atoms with E-state index in [4.69, 9.17) is 9.47 Å². The Balaban J connectivity index is 2.01. The molecule has 23 heavy (non-hydrogen) atoms. The lowest BCUT2D eigenvalue weighted by Crippen LogP contribution is -2.21. The minimum Gasteiger partial charge on any atom is -0.483 e. The van der Waals surface area contributed by atoms with Gasteiger partial charge in [-0.1, -0.05) is 37.3 Å². The van der Waals surface area contributed by atoms with Gasteiger partial charge in [0.1, 0.15) is 11.3 Å². The van der Waals surface area contributed by atoms with Gasteiger partial charge in [-0.2, -0.15) is 0 Å². The molecule has 0 fully saturated rings. The molecule has 0 bridgehead atoms. The van der Waals surface area contributed by atoms with E-state index < -0.39 is 5.97 Å². The molecule has 2 aromatic rings. The zero-order valence-electron chi connectivity index (χ0n) is 13.2. The van der Waals surface area contributed by atoms with Crippen LogP contribution in [-0.2, 0) is 16.0 Å². The number of carbonyl (C=O) groups excluding carboxylic acids is 2. The predicted octanol–water partition coefficient (Wildman–Crippen LogP) is 3.05. The SMILES string of the molecule is CCc1ccccc1NC(=O)COc1ccccc1C(=O)OC. The molecule has 0 unspecified atom stereocenters. The minimum atomic E-state index is -0.502. The third-order valence-electron chi connectivity index (χ3n) is 3.32. The van der Waals surface area contributed by atoms with Crippen molar-refractivity contribution in [3.63, 3.8) is 0 Å². The predicted molar refractivity (Wildman–Crippen MR) is 87.7 cm³/mol. The Kier molecular flexibility index (Phi) is 5.74. The second kappa shape index (κ2) is 7.98. The Labute approximate surface area is 135 Å². The van der Waals surface area contributed by atoms with Crippen molar-refractivity contribution in [1.82, 2.24) is 0 Å². The van der Waals surface area contributed by atoms with E-state index >= 15 is 0 Å². The summed E-state index contributed by atoms with van der Waals surface area (Å²) in [7, 11) is 1.30. The summed E-state index contributed by atoms with van der Waals surface area (Å²) in [4.78, 5) is 23.7. The van der Waals surface area contributed by atoms with Crippen LogP contribution in [0.15, 0.2) is 48.5 Å². The second-order valence-electron chi connectivity index (χ2n) is 4.84. The molecule has 0 spiro atoms. The van der Waals surface area contributed by atoms with Crippen LogP contribution in [0.2, 0.25) is 0 Å². The molecule has 0 aliphatic carbocycles. The first-order valence-corrected chi connectivity index (χ1v) is 7.33. The van der Waals surface area contributed by atoms with Crippen molar-refractivity contribution in [1.29, 1.82) is 0 Å². The second-order valence-corrected chi connectivity index (χ2v) is 4.84. The Morgan fingerprint density at radius 1 is 1.04 bits per heavy atom. The molecule has 0 aromatic heterocycles. The van der Waals surface area contributed by atoms with Gasteiger partial charge in [0.05, 0.1) is 7.11 Å². The fourth-order valence-electron chi connectivity index (χ4n) is 2.15. The van der Waals surface area contributed by atoms with E-state index in [1.165, 1.54) is 7.11 Å². The molecular formula is C18H19NO4. The van der Waals surface area contributed by atoms with Crippen LogP contribution in [0.25, 0.3) is 0 Å². The highest BCUT2D eigenvalue weighted by Crippen LogP contribution is 2.19. The van der Waals surface area contributed by atoms with Crippen LogP contribution in [0, 0.1) is 0 Å². The van der Waals surface area contributed by atoms with Crippen molar-refractivity contribution in [2.45, 2.75) is 13.3 Å². The average molecular weight is 313 g/mol. The summed E-state index contributed by atoms with van der Waals surface area (Å²) in [6.07, 6.45) is 0.822. The summed E-state index contributed by atoms with van der Waals surface area (Å²) in [5.41, 5.74) is 2.11. The van der Waals surface area contributed by atoms with Gasteiger partial charge in [-0.15, -0.1) is 0 Å². The lowest BCUT2D eigenvalue weighted by atomic mass is 10.1. The highest BCUT2D eigenvalue weighted by atomic mass is 16.5. The van der Waals surface area contributed by atoms with Crippen LogP contribution in [-0.4, -0.2) is 25.6 Å². The first-order chi connectivity index (χ1) is 11.2. The molecule has 2 rings (SSSR count). The summed E-state index contributed by atoms with van der Waals surface area (Å²) in [5.74, 6) is -0.471. The van der Waals surface area contributed by atoms with Gasteiger partial charge in [0.15, 0.2) is 6.61 Å². The van der Waals surface area contributed by atoms with Crippen molar-refractivity contribution in [2.24, 2.45) is 0 Å². The molecule has 0 heterocycles. The first kappa shape index (κ1) is 16.5. The summed E-state index contributed by atoms with van der Waals surface area (Å²) in [6.45, 7) is 1.83. The van der Waals surface area contributed by atoms with Gasteiger partial charge in [0.25, 0.3) is 5.91 Å². The van der Waals surface area contributed by atoms with Gasteiger partial charge in [-0.25, -0.2) is 4.79 Å². The molecule has 0 aliphatic heterocycles. The van der Waals surface area contributed by atoms with Crippen LogP contribution in [0.4, 0.5) is 5.69 Å². The quantitative estimate of drug-likeness (QED) is 0.833. The van der Waals surface area contributed by atoms with Crippen molar-refractivity contribution in [3.8, 4) is 5.75 Å². The normalized spacial score (nSPS) is 10.0. The monoisotopic (exact) mass is 313 g/mol. The lowest BCUT2D eigenvalue weighted by Gasteiger charge is -2.12. The van der Waals surface area contributed by atoms with E-state index in [0.717, 1.165) is 17.7 Å². The van der Waals surface area contributed by atoms with Crippen LogP contribution in [0.1, 0.15) is 22.8 Å². The summed E-state index contributed by atoms with van der Waals surface area (Å²) >= 11 is 0. The summed E-state index contributed by atoms with van der Waals surface area (Å²) in [6, 6.07) is 14.2. The van der Waals surface area contributed by atoms with E-state index in [0.29, 0.717) is 5.75 Å². The van der Waals surface area contributed by atoms with Crippen molar-refractivity contribution in [3.05, 3.63) is 59.7 Å². The molecule has 0 atom stereocenters. The average Bonchev–Trinajstić information content (AvgIpc) is 2.60. The molecule has 5 heteroatoms. The number of para-hydroxylation sites is 2. The number of esters is 1. The number of anilines is 1.